The molecule has 0 saturated heterocycles. The van der Waals surface area contributed by atoms with Crippen LogP contribution in [0.5, 0.6) is 0 Å². The van der Waals surface area contributed by atoms with E-state index in [1.807, 2.05) is 18.2 Å². The van der Waals surface area contributed by atoms with Crippen molar-refractivity contribution in [2.24, 2.45) is 0 Å². The summed E-state index contributed by atoms with van der Waals surface area (Å²) >= 11 is 6.00. The van der Waals surface area contributed by atoms with Crippen molar-refractivity contribution in [3.8, 4) is 6.07 Å². The molecule has 0 spiro atoms. The Morgan fingerprint density at radius 3 is 2.65 bits per heavy atom. The number of benzene rings is 1. The molecule has 0 aromatic heterocycles. The number of halogens is 1. The zero-order valence-electron chi connectivity index (χ0n) is 10.4. The monoisotopic (exact) mass is 250 g/mol. The number of nitriles is 1. The van der Waals surface area contributed by atoms with E-state index in [0.29, 0.717) is 6.42 Å². The molecule has 1 aromatic carbocycles. The quantitative estimate of drug-likeness (QED) is 0.826. The van der Waals surface area contributed by atoms with Crippen LogP contribution in [-0.2, 0) is 0 Å². The zero-order chi connectivity index (χ0) is 12.7. The van der Waals surface area contributed by atoms with Gasteiger partial charge in [-0.1, -0.05) is 37.6 Å². The molecular formula is C14H19ClN2. The van der Waals surface area contributed by atoms with Gasteiger partial charge in [-0.25, -0.2) is 0 Å². The first kappa shape index (κ1) is 14.0. The normalized spacial score (nSPS) is 14.0. The van der Waals surface area contributed by atoms with Crippen molar-refractivity contribution in [3.05, 3.63) is 34.9 Å². The summed E-state index contributed by atoms with van der Waals surface area (Å²) in [6.45, 7) is 4.23. The molecule has 2 unspecified atom stereocenters. The minimum absolute atomic E-state index is 0.254. The third-order valence-electron chi connectivity index (χ3n) is 2.93. The first-order chi connectivity index (χ1) is 8.21. The van der Waals surface area contributed by atoms with Crippen molar-refractivity contribution < 1.29 is 0 Å². The summed E-state index contributed by atoms with van der Waals surface area (Å²) in [6.07, 6.45) is 2.50. The summed E-state index contributed by atoms with van der Waals surface area (Å²) < 4.78 is 0. The van der Waals surface area contributed by atoms with Crippen LogP contribution in [0.15, 0.2) is 24.3 Å². The Bertz CT molecular complexity index is 384. The van der Waals surface area contributed by atoms with Gasteiger partial charge in [0.1, 0.15) is 0 Å². The summed E-state index contributed by atoms with van der Waals surface area (Å²) in [5, 5.41) is 13.0. The lowest BCUT2D eigenvalue weighted by molar-refractivity contribution is 0.420. The molecule has 0 fully saturated rings. The maximum Gasteiger partial charge on any atom is 0.0638 e. The van der Waals surface area contributed by atoms with Gasteiger partial charge >= 0.3 is 0 Å². The van der Waals surface area contributed by atoms with E-state index in [1.165, 1.54) is 5.56 Å². The van der Waals surface area contributed by atoms with Gasteiger partial charge in [0.05, 0.1) is 12.5 Å². The van der Waals surface area contributed by atoms with E-state index in [-0.39, 0.29) is 12.1 Å². The highest BCUT2D eigenvalue weighted by molar-refractivity contribution is 6.30. The summed E-state index contributed by atoms with van der Waals surface area (Å²) in [5.74, 6) is 0. The van der Waals surface area contributed by atoms with E-state index in [9.17, 15) is 0 Å². The number of hydrogen-bond acceptors (Lipinski definition) is 2. The Morgan fingerprint density at radius 1 is 1.35 bits per heavy atom. The Balaban J connectivity index is 2.74. The van der Waals surface area contributed by atoms with E-state index < -0.39 is 0 Å². The molecule has 92 valence electrons. The average Bonchev–Trinajstić information content (AvgIpc) is 2.34. The molecule has 0 heterocycles. The number of nitrogens with one attached hydrogen (secondary N) is 1. The van der Waals surface area contributed by atoms with Crippen molar-refractivity contribution in [1.82, 2.24) is 5.32 Å². The predicted molar refractivity (Wildman–Crippen MR) is 71.9 cm³/mol. The summed E-state index contributed by atoms with van der Waals surface area (Å²) in [7, 11) is 0. The molecule has 0 aliphatic carbocycles. The van der Waals surface area contributed by atoms with Gasteiger partial charge in [-0.3, -0.25) is 0 Å². The van der Waals surface area contributed by atoms with Crippen molar-refractivity contribution in [1.29, 1.82) is 5.26 Å². The molecule has 17 heavy (non-hydrogen) atoms. The van der Waals surface area contributed by atoms with Crippen LogP contribution in [0.3, 0.4) is 0 Å². The van der Waals surface area contributed by atoms with Crippen molar-refractivity contribution in [3.63, 3.8) is 0 Å². The third-order valence-corrected chi connectivity index (χ3v) is 3.16. The molecule has 1 rings (SSSR count). The van der Waals surface area contributed by atoms with Gasteiger partial charge in [0, 0.05) is 17.1 Å². The second kappa shape index (κ2) is 7.32. The van der Waals surface area contributed by atoms with Gasteiger partial charge in [0.2, 0.25) is 0 Å². The molecule has 3 heteroatoms. The van der Waals surface area contributed by atoms with Gasteiger partial charge in [0.25, 0.3) is 0 Å². The van der Waals surface area contributed by atoms with Crippen LogP contribution in [0.1, 0.15) is 44.7 Å². The smallest absolute Gasteiger partial charge is 0.0638 e. The van der Waals surface area contributed by atoms with E-state index >= 15 is 0 Å². The highest BCUT2D eigenvalue weighted by atomic mass is 35.5. The third kappa shape index (κ3) is 4.38. The highest BCUT2D eigenvalue weighted by Crippen LogP contribution is 2.21. The molecule has 1 N–H and O–H groups in total. The van der Waals surface area contributed by atoms with E-state index in [2.05, 4.69) is 31.3 Å². The first-order valence-electron chi connectivity index (χ1n) is 6.09. The van der Waals surface area contributed by atoms with Crippen LogP contribution in [0.2, 0.25) is 5.02 Å². The Hall–Kier alpha value is -1.04. The minimum atomic E-state index is 0.254. The number of hydrogen-bond donors (Lipinski definition) is 1. The Labute approximate surface area is 109 Å². The Kier molecular flexibility index (Phi) is 6.04. The molecule has 0 aliphatic heterocycles. The SMILES string of the molecule is CCC(CC#N)NC(CC)c1cccc(Cl)c1. The number of nitrogens with zero attached hydrogens (tertiary/aromatic N) is 1. The number of rotatable bonds is 6. The van der Waals surface area contributed by atoms with Gasteiger partial charge in [-0.2, -0.15) is 5.26 Å². The molecule has 0 amide bonds. The van der Waals surface area contributed by atoms with E-state index in [0.717, 1.165) is 17.9 Å². The summed E-state index contributed by atoms with van der Waals surface area (Å²) in [5.41, 5.74) is 1.19. The molecule has 0 radical (unpaired) electrons. The zero-order valence-corrected chi connectivity index (χ0v) is 11.2. The predicted octanol–water partition coefficient (Wildman–Crippen LogP) is 4.07. The molecule has 2 nitrogen and oxygen atoms in total. The van der Waals surface area contributed by atoms with Gasteiger partial charge in [-0.05, 0) is 30.5 Å². The second-order valence-electron chi connectivity index (χ2n) is 4.15. The standard InChI is InChI=1S/C14H19ClN2/c1-3-13(8-9-16)17-14(4-2)11-6-5-7-12(15)10-11/h5-7,10,13-14,17H,3-4,8H2,1-2H3. The lowest BCUT2D eigenvalue weighted by Gasteiger charge is -2.23. The second-order valence-corrected chi connectivity index (χ2v) is 4.59. The summed E-state index contributed by atoms with van der Waals surface area (Å²) in [6, 6.07) is 10.7. The van der Waals surface area contributed by atoms with E-state index in [1.54, 1.807) is 0 Å². The van der Waals surface area contributed by atoms with E-state index in [4.69, 9.17) is 16.9 Å². The lowest BCUT2D eigenvalue weighted by Crippen LogP contribution is -2.31. The first-order valence-corrected chi connectivity index (χ1v) is 6.47. The van der Waals surface area contributed by atoms with Crippen LogP contribution in [-0.4, -0.2) is 6.04 Å². The van der Waals surface area contributed by atoms with Gasteiger partial charge in [0.15, 0.2) is 0 Å². The van der Waals surface area contributed by atoms with Crippen LogP contribution in [0.25, 0.3) is 0 Å². The van der Waals surface area contributed by atoms with Crippen LogP contribution >= 0.6 is 11.6 Å². The molecule has 1 aromatic rings. The minimum Gasteiger partial charge on any atom is -0.306 e. The van der Waals surface area contributed by atoms with Crippen molar-refractivity contribution >= 4 is 11.6 Å². The topological polar surface area (TPSA) is 35.8 Å². The van der Waals surface area contributed by atoms with Gasteiger partial charge < -0.3 is 5.32 Å². The maximum absolute atomic E-state index is 8.76. The molecule has 0 aliphatic rings. The fourth-order valence-corrected chi connectivity index (χ4v) is 2.09. The Morgan fingerprint density at radius 2 is 2.12 bits per heavy atom. The highest BCUT2D eigenvalue weighted by Gasteiger charge is 2.14. The summed E-state index contributed by atoms with van der Waals surface area (Å²) in [4.78, 5) is 0. The van der Waals surface area contributed by atoms with Crippen LogP contribution in [0.4, 0.5) is 0 Å². The largest absolute Gasteiger partial charge is 0.306 e. The molecule has 2 atom stereocenters. The molecular weight excluding hydrogens is 232 g/mol. The average molecular weight is 251 g/mol. The molecule has 0 saturated carbocycles. The van der Waals surface area contributed by atoms with Crippen LogP contribution < -0.4 is 5.32 Å². The van der Waals surface area contributed by atoms with Crippen LogP contribution in [0, 0.1) is 11.3 Å². The fourth-order valence-electron chi connectivity index (χ4n) is 1.89. The fraction of sp³-hybridized carbons (Fsp3) is 0.500. The maximum atomic E-state index is 8.76. The lowest BCUT2D eigenvalue weighted by atomic mass is 10.0. The van der Waals surface area contributed by atoms with Gasteiger partial charge in [-0.15, -0.1) is 0 Å². The molecule has 0 bridgehead atoms. The van der Waals surface area contributed by atoms with Crippen molar-refractivity contribution in [2.45, 2.75) is 45.2 Å². The van der Waals surface area contributed by atoms with Crippen molar-refractivity contribution in [2.75, 3.05) is 0 Å².